The van der Waals surface area contributed by atoms with Gasteiger partial charge in [0.05, 0.1) is 5.69 Å². The van der Waals surface area contributed by atoms with E-state index in [1.54, 1.807) is 24.3 Å². The Hall–Kier alpha value is -1.76. The van der Waals surface area contributed by atoms with E-state index in [-0.39, 0.29) is 6.42 Å². The molecule has 0 spiro atoms. The van der Waals surface area contributed by atoms with Crippen LogP contribution in [0, 0.1) is 0 Å². The predicted molar refractivity (Wildman–Crippen MR) is 58.6 cm³/mol. The molecule has 0 saturated heterocycles. The zero-order chi connectivity index (χ0) is 12.6. The summed E-state index contributed by atoms with van der Waals surface area (Å²) in [7, 11) is 0. The average molecular weight is 236 g/mol. The van der Waals surface area contributed by atoms with Gasteiger partial charge in [0.1, 0.15) is 0 Å². The Labute approximate surface area is 97.3 Å². The van der Waals surface area contributed by atoms with Crippen LogP contribution in [0.15, 0.2) is 24.3 Å². The van der Waals surface area contributed by atoms with Crippen molar-refractivity contribution in [3.63, 3.8) is 0 Å². The number of nitrogens with zero attached hydrogens (tertiary/aromatic N) is 1. The molecule has 17 heavy (non-hydrogen) atoms. The van der Waals surface area contributed by atoms with Crippen LogP contribution in [0.4, 0.5) is 5.69 Å². The highest BCUT2D eigenvalue weighted by Gasteiger charge is 2.39. The molecule has 0 fully saturated rings. The number of hydrogen-bond acceptors (Lipinski definition) is 5. The molecule has 1 aliphatic heterocycles. The lowest BCUT2D eigenvalue weighted by molar-refractivity contribution is -0.180. The molecule has 0 aromatic heterocycles. The van der Waals surface area contributed by atoms with E-state index in [9.17, 15) is 9.59 Å². The lowest BCUT2D eigenvalue weighted by Gasteiger charge is -2.30. The molecule has 4 N–H and O–H groups in total. The number of rotatable bonds is 1. The number of amides is 2. The van der Waals surface area contributed by atoms with Crippen molar-refractivity contribution >= 4 is 17.5 Å². The van der Waals surface area contributed by atoms with Gasteiger partial charge in [-0.1, -0.05) is 18.2 Å². The summed E-state index contributed by atoms with van der Waals surface area (Å²) in [5.41, 5.74) is 6.05. The van der Waals surface area contributed by atoms with Gasteiger partial charge in [-0.2, -0.15) is 0 Å². The summed E-state index contributed by atoms with van der Waals surface area (Å²) in [5.74, 6) is -4.78. The first-order valence-corrected chi connectivity index (χ1v) is 5.10. The van der Waals surface area contributed by atoms with E-state index >= 15 is 0 Å². The minimum Gasteiger partial charge on any atom is -0.346 e. The number of aryl methyl sites for hydroxylation is 1. The number of hydrogen-bond donors (Lipinski definition) is 3. The van der Waals surface area contributed by atoms with Crippen LogP contribution in [0.2, 0.25) is 0 Å². The Balaban J connectivity index is 2.47. The Morgan fingerprint density at radius 2 is 1.94 bits per heavy atom. The summed E-state index contributed by atoms with van der Waals surface area (Å²) in [6.07, 6.45) is 0.659. The molecule has 1 aromatic carbocycles. The average Bonchev–Trinajstić information content (AvgIpc) is 2.27. The van der Waals surface area contributed by atoms with Crippen molar-refractivity contribution in [3.05, 3.63) is 29.8 Å². The van der Waals surface area contributed by atoms with Crippen LogP contribution in [0.25, 0.3) is 0 Å². The van der Waals surface area contributed by atoms with Crippen molar-refractivity contribution in [2.75, 3.05) is 4.90 Å². The first-order valence-electron chi connectivity index (χ1n) is 5.10. The van der Waals surface area contributed by atoms with Gasteiger partial charge in [0.25, 0.3) is 0 Å². The third kappa shape index (κ3) is 2.05. The van der Waals surface area contributed by atoms with Gasteiger partial charge in [-0.05, 0) is 18.1 Å². The van der Waals surface area contributed by atoms with Crippen LogP contribution in [-0.2, 0) is 16.0 Å². The molecule has 90 valence electrons. The largest absolute Gasteiger partial charge is 0.346 e. The molecule has 2 amide bonds. The minimum absolute atomic E-state index is 0.138. The number of carbonyl (C=O) groups excluding carboxylic acids is 2. The molecule has 0 unspecified atom stereocenters. The summed E-state index contributed by atoms with van der Waals surface area (Å²) in [6, 6.07) is 6.78. The van der Waals surface area contributed by atoms with Crippen LogP contribution in [0.1, 0.15) is 12.0 Å². The first kappa shape index (κ1) is 11.7. The number of anilines is 1. The molecule has 1 heterocycles. The maximum absolute atomic E-state index is 11.7. The van der Waals surface area contributed by atoms with E-state index in [0.29, 0.717) is 12.1 Å². The Bertz CT molecular complexity index is 479. The van der Waals surface area contributed by atoms with Crippen LogP contribution in [0.5, 0.6) is 0 Å². The number of imide groups is 1. The van der Waals surface area contributed by atoms with E-state index in [1.165, 1.54) is 0 Å². The van der Waals surface area contributed by atoms with Crippen molar-refractivity contribution in [2.45, 2.75) is 18.8 Å². The summed E-state index contributed by atoms with van der Waals surface area (Å²) in [6.45, 7) is 0. The van der Waals surface area contributed by atoms with Crippen molar-refractivity contribution < 1.29 is 19.8 Å². The molecule has 1 aromatic rings. The molecule has 0 saturated carbocycles. The molecule has 0 aliphatic carbocycles. The van der Waals surface area contributed by atoms with Crippen LogP contribution in [0.3, 0.4) is 0 Å². The van der Waals surface area contributed by atoms with Crippen LogP contribution >= 0.6 is 0 Å². The van der Waals surface area contributed by atoms with Gasteiger partial charge in [0, 0.05) is 6.42 Å². The normalized spacial score (nSPS) is 15.7. The fourth-order valence-corrected chi connectivity index (χ4v) is 1.82. The highest BCUT2D eigenvalue weighted by Crippen LogP contribution is 2.28. The lowest BCUT2D eigenvalue weighted by atomic mass is 10.0. The molecule has 1 aliphatic rings. The van der Waals surface area contributed by atoms with Crippen molar-refractivity contribution in [1.29, 1.82) is 0 Å². The number of para-hydroxylation sites is 1. The van der Waals surface area contributed by atoms with E-state index in [2.05, 4.69) is 0 Å². The summed E-state index contributed by atoms with van der Waals surface area (Å²) in [4.78, 5) is 24.1. The second-order valence-electron chi connectivity index (χ2n) is 3.89. The summed E-state index contributed by atoms with van der Waals surface area (Å²) >= 11 is 0. The zero-order valence-corrected chi connectivity index (χ0v) is 8.96. The fourth-order valence-electron chi connectivity index (χ4n) is 1.82. The van der Waals surface area contributed by atoms with Crippen LogP contribution < -0.4 is 10.6 Å². The van der Waals surface area contributed by atoms with E-state index < -0.39 is 17.7 Å². The number of nitrogens with two attached hydrogens (primary N) is 1. The number of carbonyl (C=O) groups is 2. The highest BCUT2D eigenvalue weighted by atomic mass is 16.5. The quantitative estimate of drug-likeness (QED) is 0.547. The molecule has 0 bridgehead atoms. The smallest absolute Gasteiger partial charge is 0.310 e. The summed E-state index contributed by atoms with van der Waals surface area (Å²) < 4.78 is 0. The number of benzene rings is 1. The van der Waals surface area contributed by atoms with Crippen molar-refractivity contribution in [1.82, 2.24) is 0 Å². The maximum Gasteiger partial charge on any atom is 0.310 e. The monoisotopic (exact) mass is 236 g/mol. The Morgan fingerprint density at radius 3 is 2.59 bits per heavy atom. The Morgan fingerprint density at radius 1 is 1.29 bits per heavy atom. The third-order valence-electron chi connectivity index (χ3n) is 2.61. The molecular formula is C11H12N2O4. The second-order valence-corrected chi connectivity index (χ2v) is 3.89. The molecule has 0 atom stereocenters. The van der Waals surface area contributed by atoms with Gasteiger partial charge in [0.15, 0.2) is 0 Å². The van der Waals surface area contributed by atoms with Gasteiger partial charge < -0.3 is 10.2 Å². The predicted octanol–water partition coefficient (Wildman–Crippen LogP) is -0.910. The summed E-state index contributed by atoms with van der Waals surface area (Å²) in [5, 5.41) is 18.1. The van der Waals surface area contributed by atoms with Gasteiger partial charge in [0.2, 0.25) is 5.91 Å². The second kappa shape index (κ2) is 3.92. The standard InChI is InChI=1S/C11H12N2O4/c12-11(16,17)10(15)13-8-4-2-1-3-7(8)5-6-9(13)14/h1-4,16-17H,5-6,12H2. The topological polar surface area (TPSA) is 104 Å². The van der Waals surface area contributed by atoms with E-state index in [1.807, 2.05) is 0 Å². The van der Waals surface area contributed by atoms with Crippen molar-refractivity contribution in [2.24, 2.45) is 5.73 Å². The van der Waals surface area contributed by atoms with Gasteiger partial charge >= 0.3 is 11.8 Å². The van der Waals surface area contributed by atoms with Gasteiger partial charge in [-0.25, -0.2) is 4.90 Å². The maximum atomic E-state index is 11.7. The van der Waals surface area contributed by atoms with Gasteiger partial charge in [-0.15, -0.1) is 0 Å². The minimum atomic E-state index is -3.04. The third-order valence-corrected chi connectivity index (χ3v) is 2.61. The highest BCUT2D eigenvalue weighted by molar-refractivity contribution is 6.18. The molecule has 6 nitrogen and oxygen atoms in total. The first-order chi connectivity index (χ1) is 7.91. The fraction of sp³-hybridized carbons (Fsp3) is 0.273. The molecular weight excluding hydrogens is 224 g/mol. The van der Waals surface area contributed by atoms with E-state index in [4.69, 9.17) is 15.9 Å². The molecule has 2 rings (SSSR count). The Kier molecular flexibility index (Phi) is 2.70. The molecule has 6 heteroatoms. The van der Waals surface area contributed by atoms with Crippen molar-refractivity contribution in [3.8, 4) is 0 Å². The van der Waals surface area contributed by atoms with Crippen LogP contribution in [-0.4, -0.2) is 27.9 Å². The lowest BCUT2D eigenvalue weighted by Crippen LogP contribution is -2.58. The zero-order valence-electron chi connectivity index (χ0n) is 8.96. The van der Waals surface area contributed by atoms with E-state index in [0.717, 1.165) is 10.5 Å². The van der Waals surface area contributed by atoms with Gasteiger partial charge in [-0.3, -0.25) is 15.3 Å². The number of aliphatic hydroxyl groups is 2. The number of fused-ring (bicyclic) bond motifs is 1. The SMILES string of the molecule is NC(O)(O)C(=O)N1C(=O)CCc2ccccc21. The molecule has 0 radical (unpaired) electrons.